The molecule has 0 atom stereocenters. The maximum atomic E-state index is 13.7. The topological polar surface area (TPSA) is 94.1 Å². The fourth-order valence-corrected chi connectivity index (χ4v) is 5.97. The minimum atomic E-state index is -0.731. The van der Waals surface area contributed by atoms with Crippen molar-refractivity contribution in [1.29, 1.82) is 0 Å². The molecule has 1 aliphatic rings. The van der Waals surface area contributed by atoms with Gasteiger partial charge in [-0.2, -0.15) is 0 Å². The first-order valence-corrected chi connectivity index (χ1v) is 15.3. The van der Waals surface area contributed by atoms with Gasteiger partial charge < -0.3 is 19.1 Å². The van der Waals surface area contributed by atoms with Crippen LogP contribution >= 0.6 is 22.9 Å². The van der Waals surface area contributed by atoms with Gasteiger partial charge in [0.25, 0.3) is 0 Å². The van der Waals surface area contributed by atoms with Gasteiger partial charge in [0.1, 0.15) is 11.4 Å². The third kappa shape index (κ3) is 8.42. The summed E-state index contributed by atoms with van der Waals surface area (Å²) in [6.07, 6.45) is 1.81. The molecule has 0 saturated carbocycles. The lowest BCUT2D eigenvalue weighted by atomic mass is 10.1. The highest BCUT2D eigenvalue weighted by molar-refractivity contribution is 7.11. The highest BCUT2D eigenvalue weighted by Gasteiger charge is 2.27. The Labute approximate surface area is 256 Å². The molecule has 11 heteroatoms. The molecule has 1 saturated heterocycles. The number of benzene rings is 1. The zero-order valence-corrected chi connectivity index (χ0v) is 26.7. The first kappa shape index (κ1) is 31.7. The lowest BCUT2D eigenvalue weighted by molar-refractivity contribution is 0.0574. The van der Waals surface area contributed by atoms with Gasteiger partial charge in [0.05, 0.1) is 43.1 Å². The molecule has 0 bridgehead atoms. The van der Waals surface area contributed by atoms with Crippen LogP contribution in [0, 0.1) is 6.92 Å². The molecule has 1 fully saturated rings. The molecule has 3 aromatic rings. The number of rotatable bonds is 9. The Hall–Kier alpha value is -3.21. The van der Waals surface area contributed by atoms with E-state index in [1.807, 2.05) is 33.8 Å². The second-order valence-electron chi connectivity index (χ2n) is 11.2. The summed E-state index contributed by atoms with van der Waals surface area (Å²) in [4.78, 5) is 40.7. The van der Waals surface area contributed by atoms with E-state index in [0.29, 0.717) is 41.6 Å². The maximum absolute atomic E-state index is 13.7. The zero-order chi connectivity index (χ0) is 30.4. The molecule has 0 aliphatic carbocycles. The van der Waals surface area contributed by atoms with Crippen LogP contribution in [-0.2, 0) is 40.0 Å². The molecule has 1 amide bonds. The van der Waals surface area contributed by atoms with Gasteiger partial charge in [-0.25, -0.2) is 19.6 Å². The van der Waals surface area contributed by atoms with E-state index < -0.39 is 17.7 Å². The van der Waals surface area contributed by atoms with E-state index in [2.05, 4.69) is 17.9 Å². The minimum Gasteiger partial charge on any atom is -0.465 e. The summed E-state index contributed by atoms with van der Waals surface area (Å²) in [6.45, 7) is 12.5. The zero-order valence-electron chi connectivity index (χ0n) is 25.2. The smallest absolute Gasteiger partial charge is 0.416 e. The van der Waals surface area contributed by atoms with Gasteiger partial charge in [0.2, 0.25) is 0 Å². The monoisotopic (exact) mass is 614 g/mol. The number of hydrogen-bond donors (Lipinski definition) is 0. The number of esters is 1. The van der Waals surface area contributed by atoms with Crippen molar-refractivity contribution in [2.75, 3.05) is 43.2 Å². The predicted molar refractivity (Wildman–Crippen MR) is 166 cm³/mol. The number of pyridine rings is 1. The molecule has 226 valence electrons. The van der Waals surface area contributed by atoms with E-state index in [-0.39, 0.29) is 6.54 Å². The number of aryl methyl sites for hydroxylation is 4. The molecule has 0 radical (unpaired) electrons. The van der Waals surface area contributed by atoms with Gasteiger partial charge in [-0.05, 0) is 70.4 Å². The summed E-state index contributed by atoms with van der Waals surface area (Å²) in [6, 6.07) is 8.91. The van der Waals surface area contributed by atoms with Crippen LogP contribution in [0.2, 0.25) is 5.02 Å². The van der Waals surface area contributed by atoms with Crippen molar-refractivity contribution >= 4 is 46.5 Å². The molecule has 1 aliphatic heterocycles. The number of halogens is 1. The standard InChI is InChI=1S/C31H39ClN4O5S/c1-7-26-20(2)33-28(42-26)9-8-24-17-25(35-10-12-40-13-11-35)18-27(34-24)36(30(38)41-31(3,4)5)19-21-14-22(29(37)39-6)16-23(32)15-21/h14-18H,7-13,19H2,1-6H3. The number of morpholine rings is 1. The Morgan fingerprint density at radius 3 is 2.48 bits per heavy atom. The minimum absolute atomic E-state index is 0.0873. The fourth-order valence-electron chi connectivity index (χ4n) is 4.70. The van der Waals surface area contributed by atoms with Crippen molar-refractivity contribution < 1.29 is 23.8 Å². The number of carbonyl (C=O) groups excluding carboxylic acids is 2. The van der Waals surface area contributed by atoms with Crippen LogP contribution in [0.4, 0.5) is 16.3 Å². The maximum Gasteiger partial charge on any atom is 0.416 e. The molecule has 0 unspecified atom stereocenters. The number of nitrogens with zero attached hydrogens (tertiary/aromatic N) is 4. The number of ether oxygens (including phenoxy) is 3. The van der Waals surface area contributed by atoms with E-state index in [1.54, 1.807) is 23.5 Å². The Balaban J connectivity index is 1.74. The molecule has 1 aromatic carbocycles. The second kappa shape index (κ2) is 13.8. The highest BCUT2D eigenvalue weighted by Crippen LogP contribution is 2.28. The van der Waals surface area contributed by atoms with E-state index >= 15 is 0 Å². The summed E-state index contributed by atoms with van der Waals surface area (Å²) in [5.74, 6) is -0.0617. The molecule has 2 aromatic heterocycles. The van der Waals surface area contributed by atoms with E-state index in [9.17, 15) is 9.59 Å². The van der Waals surface area contributed by atoms with Crippen LogP contribution in [0.1, 0.15) is 64.9 Å². The molecule has 0 N–H and O–H groups in total. The van der Waals surface area contributed by atoms with Crippen LogP contribution in [-0.4, -0.2) is 61.0 Å². The summed E-state index contributed by atoms with van der Waals surface area (Å²) < 4.78 is 16.3. The van der Waals surface area contributed by atoms with E-state index in [0.717, 1.165) is 48.0 Å². The normalized spacial score (nSPS) is 13.6. The summed E-state index contributed by atoms with van der Waals surface area (Å²) in [5, 5.41) is 1.43. The SMILES string of the molecule is CCc1sc(CCc2cc(N3CCOCC3)cc(N(Cc3cc(Cl)cc(C(=O)OC)c3)C(=O)OC(C)(C)C)n2)nc1C. The summed E-state index contributed by atoms with van der Waals surface area (Å²) >= 11 is 8.10. The van der Waals surface area contributed by atoms with Crippen LogP contribution in [0.15, 0.2) is 30.3 Å². The van der Waals surface area contributed by atoms with Gasteiger partial charge in [-0.15, -0.1) is 11.3 Å². The Kier molecular flexibility index (Phi) is 10.5. The largest absolute Gasteiger partial charge is 0.465 e. The van der Waals surface area contributed by atoms with Gasteiger partial charge in [-0.3, -0.25) is 4.90 Å². The molecule has 9 nitrogen and oxygen atoms in total. The lowest BCUT2D eigenvalue weighted by Crippen LogP contribution is -2.38. The number of carbonyl (C=O) groups is 2. The average molecular weight is 615 g/mol. The third-order valence-corrected chi connectivity index (χ3v) is 8.27. The van der Waals surface area contributed by atoms with Crippen LogP contribution in [0.5, 0.6) is 0 Å². The van der Waals surface area contributed by atoms with Crippen molar-refractivity contribution in [2.24, 2.45) is 0 Å². The Morgan fingerprint density at radius 1 is 1.10 bits per heavy atom. The fraction of sp³-hybridized carbons (Fsp3) is 0.484. The quantitative estimate of drug-likeness (QED) is 0.255. The number of thiazole rings is 1. The molecule has 4 rings (SSSR count). The number of methoxy groups -OCH3 is 1. The molecule has 0 spiro atoms. The summed E-state index contributed by atoms with van der Waals surface area (Å²) in [5.41, 5.74) is 3.08. The molecular formula is C31H39ClN4O5S. The Bertz CT molecular complexity index is 1410. The van der Waals surface area contributed by atoms with Crippen LogP contribution in [0.25, 0.3) is 0 Å². The number of hydrogen-bond acceptors (Lipinski definition) is 9. The number of anilines is 2. The third-order valence-electron chi connectivity index (χ3n) is 6.69. The first-order chi connectivity index (χ1) is 20.0. The van der Waals surface area contributed by atoms with Gasteiger partial charge in [-0.1, -0.05) is 18.5 Å². The molecule has 42 heavy (non-hydrogen) atoms. The van der Waals surface area contributed by atoms with Crippen molar-refractivity contribution in [3.63, 3.8) is 0 Å². The number of amides is 1. The van der Waals surface area contributed by atoms with Crippen molar-refractivity contribution in [3.05, 3.63) is 67.8 Å². The first-order valence-electron chi connectivity index (χ1n) is 14.1. The molecular weight excluding hydrogens is 576 g/mol. The highest BCUT2D eigenvalue weighted by atomic mass is 35.5. The van der Waals surface area contributed by atoms with Crippen molar-refractivity contribution in [1.82, 2.24) is 9.97 Å². The lowest BCUT2D eigenvalue weighted by Gasteiger charge is -2.31. The number of aromatic nitrogens is 2. The van der Waals surface area contributed by atoms with Crippen LogP contribution in [0.3, 0.4) is 0 Å². The van der Waals surface area contributed by atoms with E-state index in [1.165, 1.54) is 23.0 Å². The predicted octanol–water partition coefficient (Wildman–Crippen LogP) is 6.41. The average Bonchev–Trinajstić information content (AvgIpc) is 3.32. The summed E-state index contributed by atoms with van der Waals surface area (Å²) in [7, 11) is 1.31. The Morgan fingerprint density at radius 2 is 1.83 bits per heavy atom. The van der Waals surface area contributed by atoms with E-state index in [4.69, 9.17) is 35.8 Å². The van der Waals surface area contributed by atoms with Gasteiger partial charge in [0.15, 0.2) is 0 Å². The second-order valence-corrected chi connectivity index (χ2v) is 12.8. The van der Waals surface area contributed by atoms with Gasteiger partial charge in [0, 0.05) is 46.9 Å². The van der Waals surface area contributed by atoms with Crippen molar-refractivity contribution in [2.45, 2.75) is 66.0 Å². The van der Waals surface area contributed by atoms with Crippen LogP contribution < -0.4 is 9.80 Å². The van der Waals surface area contributed by atoms with Crippen molar-refractivity contribution in [3.8, 4) is 0 Å². The van der Waals surface area contributed by atoms with Gasteiger partial charge >= 0.3 is 12.1 Å². The molecule has 3 heterocycles.